The van der Waals surface area contributed by atoms with Gasteiger partial charge in [0.25, 0.3) is 0 Å². The summed E-state index contributed by atoms with van der Waals surface area (Å²) >= 11 is 0. The van der Waals surface area contributed by atoms with Crippen molar-refractivity contribution in [1.29, 1.82) is 0 Å². The summed E-state index contributed by atoms with van der Waals surface area (Å²) < 4.78 is 2.64. The number of nitrogens with one attached hydrogen (secondary N) is 1. The number of rotatable bonds is 3. The molecule has 2 unspecified atom stereocenters. The molecular formula is C16H27N3. The minimum atomic E-state index is 0.689. The topological polar surface area (TPSA) is 29.9 Å². The van der Waals surface area contributed by atoms with Crippen molar-refractivity contribution in [3.8, 4) is 0 Å². The lowest BCUT2D eigenvalue weighted by atomic mass is 10.1. The maximum Gasteiger partial charge on any atom is 0.109 e. The van der Waals surface area contributed by atoms with E-state index in [1.807, 2.05) is 0 Å². The Hall–Kier alpha value is -0.830. The number of nitrogens with zero attached hydrogens (tertiary/aromatic N) is 2. The molecule has 0 amide bonds. The molecule has 19 heavy (non-hydrogen) atoms. The lowest BCUT2D eigenvalue weighted by molar-refractivity contribution is 0.445. The van der Waals surface area contributed by atoms with Crippen molar-refractivity contribution in [2.75, 3.05) is 6.54 Å². The number of aromatic nitrogens is 2. The average Bonchev–Trinajstić information content (AvgIpc) is 2.91. The molecule has 3 rings (SSSR count). The molecule has 106 valence electrons. The fourth-order valence-corrected chi connectivity index (χ4v) is 3.74. The number of fused-ring (bicyclic) bond motifs is 1. The van der Waals surface area contributed by atoms with Gasteiger partial charge in [-0.15, -0.1) is 0 Å². The summed E-state index contributed by atoms with van der Waals surface area (Å²) in [6.07, 6.45) is 6.37. The summed E-state index contributed by atoms with van der Waals surface area (Å²) in [5, 5.41) is 3.46. The Morgan fingerprint density at radius 1 is 1.37 bits per heavy atom. The first-order valence-electron chi connectivity index (χ1n) is 7.94. The molecule has 1 aromatic rings. The van der Waals surface area contributed by atoms with Gasteiger partial charge in [-0.25, -0.2) is 4.98 Å². The molecule has 1 fully saturated rings. The molecule has 0 spiro atoms. The molecule has 1 aromatic heterocycles. The summed E-state index contributed by atoms with van der Waals surface area (Å²) in [4.78, 5) is 4.96. The summed E-state index contributed by atoms with van der Waals surface area (Å²) in [7, 11) is 0. The van der Waals surface area contributed by atoms with E-state index in [0.717, 1.165) is 37.9 Å². The van der Waals surface area contributed by atoms with Crippen LogP contribution >= 0.6 is 0 Å². The van der Waals surface area contributed by atoms with Gasteiger partial charge in [-0.1, -0.05) is 20.8 Å². The van der Waals surface area contributed by atoms with Crippen LogP contribution in [0.4, 0.5) is 0 Å². The molecule has 1 N–H and O–H groups in total. The van der Waals surface area contributed by atoms with Gasteiger partial charge in [0.15, 0.2) is 0 Å². The number of hydrogen-bond acceptors (Lipinski definition) is 2. The molecule has 0 aromatic carbocycles. The molecule has 0 saturated heterocycles. The predicted octanol–water partition coefficient (Wildman–Crippen LogP) is 3.09. The van der Waals surface area contributed by atoms with Crippen molar-refractivity contribution in [1.82, 2.24) is 14.9 Å². The van der Waals surface area contributed by atoms with Crippen LogP contribution in [0.15, 0.2) is 0 Å². The van der Waals surface area contributed by atoms with E-state index in [2.05, 4.69) is 30.7 Å². The highest BCUT2D eigenvalue weighted by Crippen LogP contribution is 2.37. The Balaban J connectivity index is 1.96. The lowest BCUT2D eigenvalue weighted by Crippen LogP contribution is -2.26. The van der Waals surface area contributed by atoms with Crippen LogP contribution in [-0.2, 0) is 19.4 Å². The standard InChI is InChI=1S/C16H27N3/c1-11(2)8-16-18-14-10-17-7-6-15(14)19(16)13-5-4-12(3)9-13/h11-13,17H,4-10H2,1-3H3. The molecule has 2 aliphatic rings. The SMILES string of the molecule is CC(C)Cc1nc2c(n1C1CCC(C)C1)CCNC2. The normalized spacial score (nSPS) is 26.9. The van der Waals surface area contributed by atoms with Gasteiger partial charge in [0.05, 0.1) is 5.69 Å². The van der Waals surface area contributed by atoms with Gasteiger partial charge in [0.2, 0.25) is 0 Å². The van der Waals surface area contributed by atoms with Gasteiger partial charge in [-0.2, -0.15) is 0 Å². The van der Waals surface area contributed by atoms with Crippen LogP contribution in [0.25, 0.3) is 0 Å². The third-order valence-electron chi connectivity index (χ3n) is 4.62. The molecule has 0 bridgehead atoms. The zero-order chi connectivity index (χ0) is 13.4. The Bertz CT molecular complexity index is 447. The minimum absolute atomic E-state index is 0.689. The predicted molar refractivity (Wildman–Crippen MR) is 78.2 cm³/mol. The van der Waals surface area contributed by atoms with E-state index >= 15 is 0 Å². The molecular weight excluding hydrogens is 234 g/mol. The van der Waals surface area contributed by atoms with E-state index in [-0.39, 0.29) is 0 Å². The Morgan fingerprint density at radius 2 is 2.21 bits per heavy atom. The quantitative estimate of drug-likeness (QED) is 0.906. The van der Waals surface area contributed by atoms with Crippen LogP contribution in [-0.4, -0.2) is 16.1 Å². The van der Waals surface area contributed by atoms with Gasteiger partial charge in [0.1, 0.15) is 5.82 Å². The van der Waals surface area contributed by atoms with E-state index in [4.69, 9.17) is 4.98 Å². The smallest absolute Gasteiger partial charge is 0.109 e. The molecule has 1 saturated carbocycles. The van der Waals surface area contributed by atoms with Crippen molar-refractivity contribution in [2.45, 2.75) is 65.5 Å². The van der Waals surface area contributed by atoms with Crippen molar-refractivity contribution in [3.63, 3.8) is 0 Å². The summed E-state index contributed by atoms with van der Waals surface area (Å²) in [5.41, 5.74) is 2.86. The molecule has 3 nitrogen and oxygen atoms in total. The molecule has 1 aliphatic heterocycles. The van der Waals surface area contributed by atoms with E-state index in [1.165, 1.54) is 36.5 Å². The van der Waals surface area contributed by atoms with Crippen LogP contribution in [0.5, 0.6) is 0 Å². The fraction of sp³-hybridized carbons (Fsp3) is 0.812. The number of hydrogen-bond donors (Lipinski definition) is 1. The highest BCUT2D eigenvalue weighted by atomic mass is 15.1. The molecule has 1 aliphatic carbocycles. The average molecular weight is 261 g/mol. The molecule has 3 heteroatoms. The van der Waals surface area contributed by atoms with Gasteiger partial charge in [-0.3, -0.25) is 0 Å². The maximum atomic E-state index is 4.96. The first-order chi connectivity index (χ1) is 9.15. The Kier molecular flexibility index (Phi) is 3.66. The van der Waals surface area contributed by atoms with Crippen LogP contribution in [0.3, 0.4) is 0 Å². The summed E-state index contributed by atoms with van der Waals surface area (Å²) in [6.45, 7) is 9.08. The first-order valence-corrected chi connectivity index (χ1v) is 7.94. The second-order valence-corrected chi connectivity index (χ2v) is 6.89. The van der Waals surface area contributed by atoms with E-state index in [0.29, 0.717) is 5.92 Å². The first kappa shape index (κ1) is 13.2. The van der Waals surface area contributed by atoms with Crippen molar-refractivity contribution < 1.29 is 0 Å². The van der Waals surface area contributed by atoms with Crippen molar-refractivity contribution in [2.24, 2.45) is 11.8 Å². The van der Waals surface area contributed by atoms with Gasteiger partial charge >= 0.3 is 0 Å². The summed E-state index contributed by atoms with van der Waals surface area (Å²) in [6, 6.07) is 0.720. The monoisotopic (exact) mass is 261 g/mol. The number of imidazole rings is 1. The summed E-state index contributed by atoms with van der Waals surface area (Å²) in [5.74, 6) is 2.92. The molecule has 0 radical (unpaired) electrons. The third-order valence-corrected chi connectivity index (χ3v) is 4.62. The highest BCUT2D eigenvalue weighted by molar-refractivity contribution is 5.22. The van der Waals surface area contributed by atoms with E-state index < -0.39 is 0 Å². The fourth-order valence-electron chi connectivity index (χ4n) is 3.74. The zero-order valence-electron chi connectivity index (χ0n) is 12.6. The van der Waals surface area contributed by atoms with Crippen molar-refractivity contribution >= 4 is 0 Å². The zero-order valence-corrected chi connectivity index (χ0v) is 12.6. The maximum absolute atomic E-state index is 4.96. The van der Waals surface area contributed by atoms with Crippen LogP contribution in [0.2, 0.25) is 0 Å². The van der Waals surface area contributed by atoms with Gasteiger partial charge in [-0.05, 0) is 31.1 Å². The van der Waals surface area contributed by atoms with Gasteiger partial charge < -0.3 is 9.88 Å². The second-order valence-electron chi connectivity index (χ2n) is 6.89. The van der Waals surface area contributed by atoms with E-state index in [9.17, 15) is 0 Å². The highest BCUT2D eigenvalue weighted by Gasteiger charge is 2.29. The Labute approximate surface area is 116 Å². The Morgan fingerprint density at radius 3 is 2.89 bits per heavy atom. The third kappa shape index (κ3) is 2.58. The second kappa shape index (κ2) is 5.28. The van der Waals surface area contributed by atoms with Gasteiger partial charge in [0, 0.05) is 37.7 Å². The lowest BCUT2D eigenvalue weighted by Gasteiger charge is -2.22. The van der Waals surface area contributed by atoms with E-state index in [1.54, 1.807) is 0 Å². The molecule has 2 heterocycles. The van der Waals surface area contributed by atoms with Crippen molar-refractivity contribution in [3.05, 3.63) is 17.2 Å². The van der Waals surface area contributed by atoms with Crippen LogP contribution in [0.1, 0.15) is 63.3 Å². The van der Waals surface area contributed by atoms with Crippen LogP contribution < -0.4 is 5.32 Å². The molecule has 2 atom stereocenters. The van der Waals surface area contributed by atoms with Crippen LogP contribution in [0, 0.1) is 11.8 Å². The minimum Gasteiger partial charge on any atom is -0.329 e. The largest absolute Gasteiger partial charge is 0.329 e.